The molecule has 0 fully saturated rings. The number of amides is 1. The molecule has 1 atom stereocenters. The Kier molecular flexibility index (Phi) is 4.98. The Balaban J connectivity index is 2.28. The molecule has 0 aromatic rings. The molecule has 15 heavy (non-hydrogen) atoms. The lowest BCUT2D eigenvalue weighted by molar-refractivity contribution is -0.113. The number of aliphatic hydroxyl groups excluding tert-OH is 1. The lowest BCUT2D eigenvalue weighted by atomic mass is 10.1. The number of rotatable bonds is 6. The summed E-state index contributed by atoms with van der Waals surface area (Å²) in [4.78, 5) is 14.5. The molecule has 0 saturated carbocycles. The van der Waals surface area contributed by atoms with E-state index in [0.29, 0.717) is 5.71 Å². The molecule has 0 aromatic carbocycles. The molecule has 0 aliphatic carbocycles. The molecule has 1 N–H and O–H groups in total. The maximum atomic E-state index is 10.7. The summed E-state index contributed by atoms with van der Waals surface area (Å²) in [5, 5.41) is 9.55. The molecule has 1 rings (SSSR count). The molecule has 0 radical (unpaired) electrons. The van der Waals surface area contributed by atoms with E-state index in [0.717, 1.165) is 25.7 Å². The van der Waals surface area contributed by atoms with Crippen LogP contribution in [0, 0.1) is 0 Å². The monoisotopic (exact) mass is 207 g/mol. The fourth-order valence-electron chi connectivity index (χ4n) is 1.36. The fourth-order valence-corrected chi connectivity index (χ4v) is 1.36. The van der Waals surface area contributed by atoms with Crippen LogP contribution in [0.3, 0.4) is 0 Å². The van der Waals surface area contributed by atoms with Crippen molar-refractivity contribution in [2.45, 2.75) is 38.7 Å². The van der Waals surface area contributed by atoms with Crippen molar-refractivity contribution in [1.82, 2.24) is 0 Å². The Morgan fingerprint density at radius 1 is 1.47 bits per heavy atom. The van der Waals surface area contributed by atoms with Gasteiger partial charge in [-0.2, -0.15) is 0 Å². The van der Waals surface area contributed by atoms with Gasteiger partial charge in [0.25, 0.3) is 5.91 Å². The minimum atomic E-state index is -0.427. The minimum Gasteiger partial charge on any atom is -0.389 e. The Labute approximate surface area is 90.2 Å². The van der Waals surface area contributed by atoms with Crippen LogP contribution in [0.25, 0.3) is 0 Å². The molecule has 1 heterocycles. The average Bonchev–Trinajstić information content (AvgIpc) is 2.62. The van der Waals surface area contributed by atoms with Gasteiger partial charge in [0.1, 0.15) is 0 Å². The molecule has 0 unspecified atom stereocenters. The summed E-state index contributed by atoms with van der Waals surface area (Å²) in [5.74, 6) is -0.227. The van der Waals surface area contributed by atoms with E-state index in [1.807, 2.05) is 0 Å². The normalized spacial score (nSPS) is 17.5. The molecular formula is C12H17NO2. The zero-order valence-electron chi connectivity index (χ0n) is 9.02. The summed E-state index contributed by atoms with van der Waals surface area (Å²) >= 11 is 0. The highest BCUT2D eigenvalue weighted by Crippen LogP contribution is 2.05. The predicted octanol–water partition coefficient (Wildman–Crippen LogP) is 2.02. The standard InChI is InChI=1S/C12H17NO2/c1-2-3-4-5-11(14)8-6-10-7-9-12(15)13-10/h6-9,11,14H,2-5H2,1H3/b8-6+/t11-/m1/s1. The van der Waals surface area contributed by atoms with Crippen molar-refractivity contribution in [1.29, 1.82) is 0 Å². The first-order valence-corrected chi connectivity index (χ1v) is 5.39. The van der Waals surface area contributed by atoms with Gasteiger partial charge in [0.2, 0.25) is 0 Å². The number of carbonyl (C=O) groups excluding carboxylic acids is 1. The van der Waals surface area contributed by atoms with Crippen molar-refractivity contribution < 1.29 is 9.90 Å². The van der Waals surface area contributed by atoms with Gasteiger partial charge < -0.3 is 5.11 Å². The first-order chi connectivity index (χ1) is 7.22. The van der Waals surface area contributed by atoms with Gasteiger partial charge in [0.05, 0.1) is 11.8 Å². The van der Waals surface area contributed by atoms with Gasteiger partial charge in [-0.25, -0.2) is 4.99 Å². The maximum Gasteiger partial charge on any atom is 0.270 e. The van der Waals surface area contributed by atoms with Crippen LogP contribution in [-0.4, -0.2) is 22.8 Å². The van der Waals surface area contributed by atoms with Gasteiger partial charge >= 0.3 is 0 Å². The van der Waals surface area contributed by atoms with E-state index < -0.39 is 6.10 Å². The molecule has 3 heteroatoms. The van der Waals surface area contributed by atoms with Crippen LogP contribution in [0.5, 0.6) is 0 Å². The van der Waals surface area contributed by atoms with Gasteiger partial charge in [-0.3, -0.25) is 4.79 Å². The molecule has 0 aromatic heterocycles. The van der Waals surface area contributed by atoms with Crippen molar-refractivity contribution in [3.63, 3.8) is 0 Å². The summed E-state index contributed by atoms with van der Waals surface area (Å²) < 4.78 is 0. The smallest absolute Gasteiger partial charge is 0.270 e. The van der Waals surface area contributed by atoms with Crippen LogP contribution >= 0.6 is 0 Å². The third kappa shape index (κ3) is 4.70. The number of hydrogen-bond donors (Lipinski definition) is 1. The highest BCUT2D eigenvalue weighted by Gasteiger charge is 2.04. The maximum absolute atomic E-state index is 10.7. The van der Waals surface area contributed by atoms with Crippen LogP contribution in [-0.2, 0) is 4.79 Å². The van der Waals surface area contributed by atoms with Crippen molar-refractivity contribution in [3.8, 4) is 0 Å². The Morgan fingerprint density at radius 3 is 2.87 bits per heavy atom. The second kappa shape index (κ2) is 6.30. The lowest BCUT2D eigenvalue weighted by Gasteiger charge is -2.03. The lowest BCUT2D eigenvalue weighted by Crippen LogP contribution is -2.02. The molecule has 0 bridgehead atoms. The van der Waals surface area contributed by atoms with E-state index in [9.17, 15) is 9.90 Å². The van der Waals surface area contributed by atoms with Crippen LogP contribution in [0.2, 0.25) is 0 Å². The number of nitrogens with zero attached hydrogens (tertiary/aromatic N) is 1. The molecule has 1 aliphatic rings. The minimum absolute atomic E-state index is 0.227. The van der Waals surface area contributed by atoms with Gasteiger partial charge in [0.15, 0.2) is 0 Å². The van der Waals surface area contributed by atoms with Crippen molar-refractivity contribution in [2.24, 2.45) is 4.99 Å². The first kappa shape index (κ1) is 11.9. The number of aliphatic imine (C=N–C) groups is 1. The van der Waals surface area contributed by atoms with Gasteiger partial charge in [-0.05, 0) is 18.6 Å². The van der Waals surface area contributed by atoms with Crippen LogP contribution < -0.4 is 0 Å². The molecule has 3 nitrogen and oxygen atoms in total. The number of aliphatic hydroxyl groups is 1. The first-order valence-electron chi connectivity index (χ1n) is 5.39. The fraction of sp³-hybridized carbons (Fsp3) is 0.500. The van der Waals surface area contributed by atoms with E-state index >= 15 is 0 Å². The van der Waals surface area contributed by atoms with E-state index in [1.165, 1.54) is 6.08 Å². The molecule has 0 saturated heterocycles. The van der Waals surface area contributed by atoms with E-state index in [4.69, 9.17) is 0 Å². The highest BCUT2D eigenvalue weighted by molar-refractivity contribution is 6.17. The Morgan fingerprint density at radius 2 is 2.27 bits per heavy atom. The summed E-state index contributed by atoms with van der Waals surface area (Å²) in [6, 6.07) is 0. The Hall–Kier alpha value is -1.22. The van der Waals surface area contributed by atoms with Gasteiger partial charge in [-0.15, -0.1) is 0 Å². The van der Waals surface area contributed by atoms with E-state index in [2.05, 4.69) is 11.9 Å². The van der Waals surface area contributed by atoms with Crippen LogP contribution in [0.4, 0.5) is 0 Å². The summed E-state index contributed by atoms with van der Waals surface area (Å²) in [5.41, 5.74) is 0.620. The predicted molar refractivity (Wildman–Crippen MR) is 60.9 cm³/mol. The summed E-state index contributed by atoms with van der Waals surface area (Å²) in [6.07, 6.45) is 10.1. The largest absolute Gasteiger partial charge is 0.389 e. The molecule has 82 valence electrons. The van der Waals surface area contributed by atoms with Crippen LogP contribution in [0.1, 0.15) is 32.6 Å². The summed E-state index contributed by atoms with van der Waals surface area (Å²) in [6.45, 7) is 2.13. The number of carbonyl (C=O) groups is 1. The molecular weight excluding hydrogens is 190 g/mol. The van der Waals surface area contributed by atoms with Crippen molar-refractivity contribution in [2.75, 3.05) is 0 Å². The van der Waals surface area contributed by atoms with E-state index in [-0.39, 0.29) is 5.91 Å². The summed E-state index contributed by atoms with van der Waals surface area (Å²) in [7, 11) is 0. The van der Waals surface area contributed by atoms with Crippen LogP contribution in [0.15, 0.2) is 29.3 Å². The number of allylic oxidation sites excluding steroid dienone is 2. The van der Waals surface area contributed by atoms with Gasteiger partial charge in [-0.1, -0.05) is 32.3 Å². The van der Waals surface area contributed by atoms with Crippen molar-refractivity contribution >= 4 is 11.6 Å². The number of unbranched alkanes of at least 4 members (excludes halogenated alkanes) is 2. The second-order valence-electron chi connectivity index (χ2n) is 3.63. The quantitative estimate of drug-likeness (QED) is 0.677. The van der Waals surface area contributed by atoms with Gasteiger partial charge in [0, 0.05) is 6.08 Å². The van der Waals surface area contributed by atoms with E-state index in [1.54, 1.807) is 18.2 Å². The SMILES string of the molecule is CCCCC[C@@H](O)/C=C/C1=NC(=O)C=C1. The third-order valence-electron chi connectivity index (χ3n) is 2.23. The average molecular weight is 207 g/mol. The molecule has 1 aliphatic heterocycles. The molecule has 0 spiro atoms. The topological polar surface area (TPSA) is 49.7 Å². The third-order valence-corrected chi connectivity index (χ3v) is 2.23. The molecule has 1 amide bonds. The zero-order chi connectivity index (χ0) is 11.1. The van der Waals surface area contributed by atoms with Crippen molar-refractivity contribution in [3.05, 3.63) is 24.3 Å². The second-order valence-corrected chi connectivity index (χ2v) is 3.63. The Bertz CT molecular complexity index is 303. The highest BCUT2D eigenvalue weighted by atomic mass is 16.3. The number of hydrogen-bond acceptors (Lipinski definition) is 2. The zero-order valence-corrected chi connectivity index (χ0v) is 9.02.